The first kappa shape index (κ1) is 17.4. The number of carboxylic acids is 1. The molecule has 2 N–H and O–H groups in total. The zero-order valence-corrected chi connectivity index (χ0v) is 12.0. The molecule has 0 aliphatic rings. The lowest BCUT2D eigenvalue weighted by Gasteiger charge is -2.10. The molecule has 1 aromatic heterocycles. The number of hydrogen-bond donors (Lipinski definition) is 2. The number of nitrogens with one attached hydrogen (secondary N) is 1. The second-order valence-electron chi connectivity index (χ2n) is 4.75. The van der Waals surface area contributed by atoms with Crippen LogP contribution in [0.5, 0.6) is 0 Å². The van der Waals surface area contributed by atoms with E-state index < -0.39 is 35.0 Å². The van der Waals surface area contributed by atoms with Crippen LogP contribution < -0.4 is 5.32 Å². The molecule has 1 amide bonds. The van der Waals surface area contributed by atoms with Crippen LogP contribution in [0.3, 0.4) is 0 Å². The first-order valence-corrected chi connectivity index (χ1v) is 6.58. The minimum Gasteiger partial charge on any atom is -0.476 e. The van der Waals surface area contributed by atoms with Gasteiger partial charge in [-0.15, -0.1) is 0 Å². The van der Waals surface area contributed by atoms with Gasteiger partial charge in [0.2, 0.25) is 0 Å². The van der Waals surface area contributed by atoms with Crippen molar-refractivity contribution in [1.82, 2.24) is 14.9 Å². The third kappa shape index (κ3) is 4.09. The molecule has 0 aliphatic carbocycles. The summed E-state index contributed by atoms with van der Waals surface area (Å²) in [4.78, 5) is 26.0. The zero-order valence-electron chi connectivity index (χ0n) is 12.0. The number of carbonyl (C=O) groups excluding carboxylic acids is 1. The molecule has 0 aliphatic heterocycles. The monoisotopic (exact) mass is 345 g/mol. The fourth-order valence-electron chi connectivity index (χ4n) is 1.86. The van der Waals surface area contributed by atoms with E-state index in [1.54, 1.807) is 0 Å². The van der Waals surface area contributed by atoms with Crippen molar-refractivity contribution >= 4 is 11.9 Å². The molecule has 1 heterocycles. The molecular formula is C14H11F4N3O3. The summed E-state index contributed by atoms with van der Waals surface area (Å²) in [6, 6.07) is 1.63. The van der Waals surface area contributed by atoms with Gasteiger partial charge in [-0.05, 0) is 18.2 Å². The Kier molecular flexibility index (Phi) is 4.86. The highest BCUT2D eigenvalue weighted by atomic mass is 19.4. The molecule has 2 rings (SSSR count). The molecule has 10 heteroatoms. The molecule has 2 aromatic rings. The van der Waals surface area contributed by atoms with E-state index in [0.29, 0.717) is 6.07 Å². The van der Waals surface area contributed by atoms with Gasteiger partial charge in [0.1, 0.15) is 5.82 Å². The van der Waals surface area contributed by atoms with E-state index in [1.807, 2.05) is 0 Å². The van der Waals surface area contributed by atoms with Crippen molar-refractivity contribution in [2.45, 2.75) is 12.7 Å². The first-order chi connectivity index (χ1) is 11.2. The maximum Gasteiger partial charge on any atom is 0.416 e. The van der Waals surface area contributed by atoms with Gasteiger partial charge < -0.3 is 15.0 Å². The zero-order chi connectivity index (χ0) is 17.9. The summed E-state index contributed by atoms with van der Waals surface area (Å²) in [5.41, 5.74) is -1.87. The van der Waals surface area contributed by atoms with Crippen LogP contribution in [0.25, 0.3) is 0 Å². The number of nitrogens with zero attached hydrogens (tertiary/aromatic N) is 2. The van der Waals surface area contributed by atoms with E-state index in [9.17, 15) is 27.2 Å². The van der Waals surface area contributed by atoms with E-state index in [1.165, 1.54) is 17.1 Å². The highest BCUT2D eigenvalue weighted by Crippen LogP contribution is 2.30. The Labute approximate surface area is 132 Å². The molecule has 0 saturated carbocycles. The Hall–Kier alpha value is -2.91. The van der Waals surface area contributed by atoms with Gasteiger partial charge in [-0.3, -0.25) is 4.79 Å². The highest BCUT2D eigenvalue weighted by Gasteiger charge is 2.31. The molecule has 0 radical (unpaired) electrons. The number of imidazole rings is 1. The van der Waals surface area contributed by atoms with Crippen molar-refractivity contribution in [3.05, 3.63) is 53.4 Å². The smallest absolute Gasteiger partial charge is 0.416 e. The van der Waals surface area contributed by atoms with E-state index in [0.717, 1.165) is 6.07 Å². The number of aromatic nitrogens is 2. The van der Waals surface area contributed by atoms with Gasteiger partial charge in [0.25, 0.3) is 5.91 Å². The van der Waals surface area contributed by atoms with Crippen molar-refractivity contribution in [1.29, 1.82) is 0 Å². The predicted molar refractivity (Wildman–Crippen MR) is 72.9 cm³/mol. The van der Waals surface area contributed by atoms with E-state index >= 15 is 0 Å². The Morgan fingerprint density at radius 2 is 2.00 bits per heavy atom. The molecule has 0 unspecified atom stereocenters. The number of carbonyl (C=O) groups is 2. The molecule has 24 heavy (non-hydrogen) atoms. The van der Waals surface area contributed by atoms with Crippen molar-refractivity contribution in [2.24, 2.45) is 0 Å². The summed E-state index contributed by atoms with van der Waals surface area (Å²) < 4.78 is 52.3. The number of benzene rings is 1. The fraction of sp³-hybridized carbons (Fsp3) is 0.214. The lowest BCUT2D eigenvalue weighted by atomic mass is 10.1. The summed E-state index contributed by atoms with van der Waals surface area (Å²) >= 11 is 0. The standard InChI is InChI=1S/C14H11F4N3O3/c15-10-5-8(14(16,17)18)1-2-9(10)12(22)19-3-4-21-6-11(13(23)24)20-7-21/h1-2,5-7H,3-4H2,(H,19,22)(H,23,24). The Morgan fingerprint density at radius 3 is 2.54 bits per heavy atom. The molecule has 0 bridgehead atoms. The molecule has 0 atom stereocenters. The summed E-state index contributed by atoms with van der Waals surface area (Å²) in [5, 5.41) is 11.0. The third-order valence-electron chi connectivity index (χ3n) is 3.05. The number of alkyl halides is 3. The van der Waals surface area contributed by atoms with Crippen LogP contribution in [0.15, 0.2) is 30.7 Å². The largest absolute Gasteiger partial charge is 0.476 e. The van der Waals surface area contributed by atoms with Crippen LogP contribution in [-0.2, 0) is 12.7 Å². The van der Waals surface area contributed by atoms with Crippen molar-refractivity contribution < 1.29 is 32.3 Å². The lowest BCUT2D eigenvalue weighted by Crippen LogP contribution is -2.28. The fourth-order valence-corrected chi connectivity index (χ4v) is 1.86. The van der Waals surface area contributed by atoms with Crippen molar-refractivity contribution in [2.75, 3.05) is 6.54 Å². The van der Waals surface area contributed by atoms with Gasteiger partial charge in [0.05, 0.1) is 17.5 Å². The van der Waals surface area contributed by atoms with Gasteiger partial charge >= 0.3 is 12.1 Å². The second kappa shape index (κ2) is 6.69. The van der Waals surface area contributed by atoms with Crippen LogP contribution in [0.1, 0.15) is 26.4 Å². The molecule has 1 aromatic carbocycles. The summed E-state index contributed by atoms with van der Waals surface area (Å²) in [6.45, 7) is 0.170. The Morgan fingerprint density at radius 1 is 1.29 bits per heavy atom. The van der Waals surface area contributed by atoms with Crippen molar-refractivity contribution in [3.8, 4) is 0 Å². The topological polar surface area (TPSA) is 84.2 Å². The number of amides is 1. The van der Waals surface area contributed by atoms with Gasteiger partial charge in [-0.25, -0.2) is 14.2 Å². The molecule has 0 fully saturated rings. The average molecular weight is 345 g/mol. The number of rotatable bonds is 5. The molecule has 128 valence electrons. The summed E-state index contributed by atoms with van der Waals surface area (Å²) in [6.07, 6.45) is -2.21. The molecule has 6 nitrogen and oxygen atoms in total. The summed E-state index contributed by atoms with van der Waals surface area (Å²) in [5.74, 6) is -3.36. The van der Waals surface area contributed by atoms with Gasteiger partial charge in [-0.1, -0.05) is 0 Å². The number of hydrogen-bond acceptors (Lipinski definition) is 3. The molecule has 0 spiro atoms. The normalized spacial score (nSPS) is 11.3. The average Bonchev–Trinajstić information content (AvgIpc) is 2.95. The highest BCUT2D eigenvalue weighted by molar-refractivity contribution is 5.94. The van der Waals surface area contributed by atoms with Crippen LogP contribution in [-0.4, -0.2) is 33.1 Å². The Bertz CT molecular complexity index is 771. The maximum atomic E-state index is 13.6. The second-order valence-corrected chi connectivity index (χ2v) is 4.75. The van der Waals surface area contributed by atoms with E-state index in [4.69, 9.17) is 5.11 Å². The number of aromatic carboxylic acids is 1. The number of carboxylic acid groups (broad SMARTS) is 1. The summed E-state index contributed by atoms with van der Waals surface area (Å²) in [7, 11) is 0. The first-order valence-electron chi connectivity index (χ1n) is 6.58. The van der Waals surface area contributed by atoms with E-state index in [2.05, 4.69) is 10.3 Å². The van der Waals surface area contributed by atoms with Crippen molar-refractivity contribution in [3.63, 3.8) is 0 Å². The predicted octanol–water partition coefficient (Wildman–Crippen LogP) is 2.17. The lowest BCUT2D eigenvalue weighted by molar-refractivity contribution is -0.137. The van der Waals surface area contributed by atoms with Gasteiger partial charge in [0.15, 0.2) is 5.69 Å². The minimum absolute atomic E-state index is 0.00865. The van der Waals surface area contributed by atoms with Crippen LogP contribution in [0.2, 0.25) is 0 Å². The van der Waals surface area contributed by atoms with Gasteiger partial charge in [-0.2, -0.15) is 13.2 Å². The minimum atomic E-state index is -4.70. The third-order valence-corrected chi connectivity index (χ3v) is 3.05. The SMILES string of the molecule is O=C(O)c1cn(CCNC(=O)c2ccc(C(F)(F)F)cc2F)cn1. The van der Waals surface area contributed by atoms with Crippen LogP contribution in [0, 0.1) is 5.82 Å². The van der Waals surface area contributed by atoms with Crippen LogP contribution in [0.4, 0.5) is 17.6 Å². The molecule has 0 saturated heterocycles. The van der Waals surface area contributed by atoms with Crippen LogP contribution >= 0.6 is 0 Å². The maximum absolute atomic E-state index is 13.6. The van der Waals surface area contributed by atoms with E-state index in [-0.39, 0.29) is 24.8 Å². The molecular weight excluding hydrogens is 334 g/mol. The van der Waals surface area contributed by atoms with Gasteiger partial charge in [0, 0.05) is 19.3 Å². The Balaban J connectivity index is 1.96. The quantitative estimate of drug-likeness (QED) is 0.814. The number of halogens is 4.